The number of hydrogen-bond donors (Lipinski definition) is 1. The molecule has 0 amide bonds. The summed E-state index contributed by atoms with van der Waals surface area (Å²) in [6.07, 6.45) is 2.75. The second-order valence-electron chi connectivity index (χ2n) is 5.45. The third-order valence-electron chi connectivity index (χ3n) is 2.80. The maximum Gasteiger partial charge on any atom is 0.110 e. The van der Waals surface area contributed by atoms with Gasteiger partial charge in [-0.3, -0.25) is 0 Å². The van der Waals surface area contributed by atoms with Gasteiger partial charge in [0.2, 0.25) is 0 Å². The fourth-order valence-electron chi connectivity index (χ4n) is 2.53. The Bertz CT molecular complexity index is 145. The Hall–Kier alpha value is 0.0249. The van der Waals surface area contributed by atoms with E-state index >= 15 is 0 Å². The van der Waals surface area contributed by atoms with E-state index in [2.05, 4.69) is 33.9 Å². The summed E-state index contributed by atoms with van der Waals surface area (Å²) < 4.78 is 0. The standard InChI is InChI=1S/C10H22BN/c1-8-4-9(2)6-12-7-10(3,11)5-8/h8-9,12H,4-7,11H2,1-3H3. The van der Waals surface area contributed by atoms with E-state index in [9.17, 15) is 0 Å². The van der Waals surface area contributed by atoms with Crippen LogP contribution in [0.25, 0.3) is 0 Å². The van der Waals surface area contributed by atoms with Crippen molar-refractivity contribution in [1.82, 2.24) is 5.32 Å². The molecule has 0 aromatic rings. The van der Waals surface area contributed by atoms with E-state index < -0.39 is 0 Å². The Balaban J connectivity index is 2.48. The molecule has 0 saturated carbocycles. The molecule has 1 fully saturated rings. The summed E-state index contributed by atoms with van der Waals surface area (Å²) in [5.41, 5.74) is 0. The van der Waals surface area contributed by atoms with Gasteiger partial charge in [0.1, 0.15) is 7.85 Å². The summed E-state index contributed by atoms with van der Waals surface area (Å²) in [5, 5.41) is 4.05. The van der Waals surface area contributed by atoms with Gasteiger partial charge in [-0.25, -0.2) is 0 Å². The predicted octanol–water partition coefficient (Wildman–Crippen LogP) is 1.45. The quantitative estimate of drug-likeness (QED) is 0.538. The van der Waals surface area contributed by atoms with Crippen LogP contribution < -0.4 is 5.32 Å². The van der Waals surface area contributed by atoms with Crippen molar-refractivity contribution in [2.24, 2.45) is 11.8 Å². The second kappa shape index (κ2) is 3.82. The Morgan fingerprint density at radius 3 is 2.67 bits per heavy atom. The van der Waals surface area contributed by atoms with Crippen LogP contribution >= 0.6 is 0 Å². The smallest absolute Gasteiger partial charge is 0.110 e. The van der Waals surface area contributed by atoms with Gasteiger partial charge in [0, 0.05) is 0 Å². The van der Waals surface area contributed by atoms with E-state index in [1.807, 2.05) is 0 Å². The molecule has 70 valence electrons. The lowest BCUT2D eigenvalue weighted by atomic mass is 9.64. The van der Waals surface area contributed by atoms with Crippen molar-refractivity contribution in [3.63, 3.8) is 0 Å². The molecule has 3 atom stereocenters. The SMILES string of the molecule is BC1(C)CNCC(C)CC(C)C1. The normalized spacial score (nSPS) is 44.9. The lowest BCUT2D eigenvalue weighted by Gasteiger charge is -2.33. The van der Waals surface area contributed by atoms with Gasteiger partial charge >= 0.3 is 0 Å². The van der Waals surface area contributed by atoms with Crippen molar-refractivity contribution in [1.29, 1.82) is 0 Å². The summed E-state index contributed by atoms with van der Waals surface area (Å²) >= 11 is 0. The Morgan fingerprint density at radius 1 is 1.33 bits per heavy atom. The van der Waals surface area contributed by atoms with Crippen molar-refractivity contribution in [2.75, 3.05) is 13.1 Å². The van der Waals surface area contributed by atoms with Crippen molar-refractivity contribution in [2.45, 2.75) is 38.9 Å². The van der Waals surface area contributed by atoms with E-state index in [1.165, 1.54) is 25.9 Å². The van der Waals surface area contributed by atoms with Gasteiger partial charge in [0.05, 0.1) is 0 Å². The van der Waals surface area contributed by atoms with Crippen LogP contribution in [-0.4, -0.2) is 20.9 Å². The number of nitrogens with one attached hydrogen (secondary N) is 1. The third kappa shape index (κ3) is 3.18. The van der Waals surface area contributed by atoms with Crippen LogP contribution in [0.2, 0.25) is 5.31 Å². The van der Waals surface area contributed by atoms with Crippen LogP contribution in [0.3, 0.4) is 0 Å². The minimum absolute atomic E-state index is 0.500. The second-order valence-corrected chi connectivity index (χ2v) is 5.45. The zero-order valence-electron chi connectivity index (χ0n) is 8.98. The van der Waals surface area contributed by atoms with E-state index in [4.69, 9.17) is 0 Å². The van der Waals surface area contributed by atoms with Gasteiger partial charge < -0.3 is 5.32 Å². The fourth-order valence-corrected chi connectivity index (χ4v) is 2.53. The van der Waals surface area contributed by atoms with Gasteiger partial charge in [-0.05, 0) is 36.7 Å². The molecule has 1 aliphatic rings. The molecule has 0 radical (unpaired) electrons. The van der Waals surface area contributed by atoms with E-state index in [-0.39, 0.29) is 0 Å². The lowest BCUT2D eigenvalue weighted by Crippen LogP contribution is -2.34. The van der Waals surface area contributed by atoms with Crippen LogP contribution in [0.15, 0.2) is 0 Å². The van der Waals surface area contributed by atoms with Crippen LogP contribution in [0.4, 0.5) is 0 Å². The number of hydrogen-bond acceptors (Lipinski definition) is 1. The Labute approximate surface area is 77.7 Å². The fraction of sp³-hybridized carbons (Fsp3) is 1.00. The largest absolute Gasteiger partial charge is 0.317 e. The minimum atomic E-state index is 0.500. The molecule has 0 aromatic heterocycles. The minimum Gasteiger partial charge on any atom is -0.317 e. The molecular formula is C10H22BN. The van der Waals surface area contributed by atoms with Gasteiger partial charge in [0.15, 0.2) is 0 Å². The van der Waals surface area contributed by atoms with Crippen LogP contribution in [0, 0.1) is 11.8 Å². The molecule has 1 rings (SSSR count). The molecule has 3 unspecified atom stereocenters. The monoisotopic (exact) mass is 167 g/mol. The van der Waals surface area contributed by atoms with Gasteiger partial charge in [-0.2, -0.15) is 0 Å². The molecule has 0 spiro atoms. The molecule has 1 heterocycles. The first kappa shape index (κ1) is 10.1. The van der Waals surface area contributed by atoms with Crippen molar-refractivity contribution < 1.29 is 0 Å². The van der Waals surface area contributed by atoms with Crippen molar-refractivity contribution in [3.8, 4) is 0 Å². The molecular weight excluding hydrogens is 145 g/mol. The summed E-state index contributed by atoms with van der Waals surface area (Å²) in [6, 6.07) is 0. The van der Waals surface area contributed by atoms with Gasteiger partial charge in [-0.15, -0.1) is 0 Å². The van der Waals surface area contributed by atoms with Crippen LogP contribution in [-0.2, 0) is 0 Å². The highest BCUT2D eigenvalue weighted by Crippen LogP contribution is 2.33. The maximum absolute atomic E-state index is 3.55. The van der Waals surface area contributed by atoms with Gasteiger partial charge in [0.25, 0.3) is 0 Å². The molecule has 1 saturated heterocycles. The molecule has 12 heavy (non-hydrogen) atoms. The number of rotatable bonds is 0. The highest BCUT2D eigenvalue weighted by Gasteiger charge is 2.24. The first-order chi connectivity index (χ1) is 5.49. The van der Waals surface area contributed by atoms with Crippen LogP contribution in [0.1, 0.15) is 33.6 Å². The zero-order chi connectivity index (χ0) is 9.19. The van der Waals surface area contributed by atoms with Gasteiger partial charge in [-0.1, -0.05) is 27.2 Å². The van der Waals surface area contributed by atoms with E-state index in [0.29, 0.717) is 5.31 Å². The highest BCUT2D eigenvalue weighted by atomic mass is 14.9. The van der Waals surface area contributed by atoms with E-state index in [0.717, 1.165) is 11.8 Å². The topological polar surface area (TPSA) is 12.0 Å². The highest BCUT2D eigenvalue weighted by molar-refractivity contribution is 6.15. The summed E-state index contributed by atoms with van der Waals surface area (Å²) in [7, 11) is 2.37. The Kier molecular flexibility index (Phi) is 3.22. The first-order valence-electron chi connectivity index (χ1n) is 5.20. The third-order valence-corrected chi connectivity index (χ3v) is 2.80. The summed E-state index contributed by atoms with van der Waals surface area (Å²) in [6.45, 7) is 9.49. The zero-order valence-corrected chi connectivity index (χ0v) is 8.98. The maximum atomic E-state index is 3.55. The summed E-state index contributed by atoms with van der Waals surface area (Å²) in [5.74, 6) is 1.76. The lowest BCUT2D eigenvalue weighted by molar-refractivity contribution is 0.303. The predicted molar refractivity (Wildman–Crippen MR) is 57.3 cm³/mol. The molecule has 1 nitrogen and oxygen atoms in total. The molecule has 0 bridgehead atoms. The van der Waals surface area contributed by atoms with E-state index in [1.54, 1.807) is 0 Å². The first-order valence-corrected chi connectivity index (χ1v) is 5.20. The molecule has 0 aromatic carbocycles. The average molecular weight is 167 g/mol. The molecule has 0 aliphatic carbocycles. The molecule has 1 aliphatic heterocycles. The molecule has 2 heteroatoms. The average Bonchev–Trinajstić information content (AvgIpc) is 1.81. The Morgan fingerprint density at radius 2 is 2.00 bits per heavy atom. The van der Waals surface area contributed by atoms with Crippen molar-refractivity contribution >= 4 is 7.85 Å². The molecule has 1 N–H and O–H groups in total. The van der Waals surface area contributed by atoms with Crippen molar-refractivity contribution in [3.05, 3.63) is 0 Å². The summed E-state index contributed by atoms with van der Waals surface area (Å²) in [4.78, 5) is 0. The van der Waals surface area contributed by atoms with Crippen LogP contribution in [0.5, 0.6) is 0 Å².